The molecular weight excluding hydrogens is 388 g/mol. The maximum atomic E-state index is 12.5. The van der Waals surface area contributed by atoms with Crippen molar-refractivity contribution in [3.63, 3.8) is 0 Å². The van der Waals surface area contributed by atoms with Gasteiger partial charge in [-0.05, 0) is 18.4 Å². The van der Waals surface area contributed by atoms with Crippen LogP contribution in [-0.2, 0) is 6.42 Å². The lowest BCUT2D eigenvalue weighted by Crippen LogP contribution is -2.01. The van der Waals surface area contributed by atoms with Crippen molar-refractivity contribution in [3.05, 3.63) is 71.3 Å². The predicted octanol–water partition coefficient (Wildman–Crippen LogP) is 9.72. The van der Waals surface area contributed by atoms with Crippen molar-refractivity contribution < 1.29 is 4.79 Å². The van der Waals surface area contributed by atoms with Gasteiger partial charge in [-0.25, -0.2) is 0 Å². The van der Waals surface area contributed by atoms with Gasteiger partial charge in [0.25, 0.3) is 0 Å². The summed E-state index contributed by atoms with van der Waals surface area (Å²) >= 11 is 0. The molecule has 0 radical (unpaired) electrons. The molecule has 0 heterocycles. The molecule has 0 aliphatic carbocycles. The first-order chi connectivity index (χ1) is 15.8. The number of benzene rings is 2. The van der Waals surface area contributed by atoms with Gasteiger partial charge < -0.3 is 0 Å². The van der Waals surface area contributed by atoms with Crippen LogP contribution in [0.25, 0.3) is 0 Å². The van der Waals surface area contributed by atoms with Crippen LogP contribution in [0.1, 0.15) is 131 Å². The molecule has 2 aromatic carbocycles. The zero-order chi connectivity index (χ0) is 22.7. The molecule has 1 heteroatoms. The molecule has 2 aromatic rings. The SMILES string of the molecule is CCCCCCCCCCCCCCCCCCc1ccc(C(=O)c2ccccc2)cc1. The average Bonchev–Trinajstić information content (AvgIpc) is 2.84. The molecule has 0 aliphatic heterocycles. The van der Waals surface area contributed by atoms with Gasteiger partial charge in [0.15, 0.2) is 5.78 Å². The molecule has 0 saturated heterocycles. The van der Waals surface area contributed by atoms with E-state index in [1.807, 2.05) is 42.5 Å². The monoisotopic (exact) mass is 434 g/mol. The van der Waals surface area contributed by atoms with Gasteiger partial charge in [-0.15, -0.1) is 0 Å². The Morgan fingerprint density at radius 2 is 0.906 bits per heavy atom. The quantitative estimate of drug-likeness (QED) is 0.159. The fraction of sp³-hybridized carbons (Fsp3) is 0.581. The Balaban J connectivity index is 1.41. The van der Waals surface area contributed by atoms with Crippen LogP contribution in [-0.4, -0.2) is 5.78 Å². The summed E-state index contributed by atoms with van der Waals surface area (Å²) in [6.07, 6.45) is 23.6. The van der Waals surface area contributed by atoms with Crippen molar-refractivity contribution in [1.29, 1.82) is 0 Å². The molecule has 0 amide bonds. The third-order valence-electron chi connectivity index (χ3n) is 6.57. The van der Waals surface area contributed by atoms with Gasteiger partial charge in [0, 0.05) is 11.1 Å². The van der Waals surface area contributed by atoms with Crippen molar-refractivity contribution in [2.75, 3.05) is 0 Å². The Morgan fingerprint density at radius 1 is 0.500 bits per heavy atom. The summed E-state index contributed by atoms with van der Waals surface area (Å²) in [5.41, 5.74) is 2.89. The van der Waals surface area contributed by atoms with Crippen LogP contribution in [0, 0.1) is 0 Å². The molecule has 32 heavy (non-hydrogen) atoms. The Kier molecular flexibility index (Phi) is 14.5. The Bertz CT molecular complexity index is 701. The van der Waals surface area contributed by atoms with Crippen LogP contribution >= 0.6 is 0 Å². The second kappa shape index (κ2) is 17.6. The first-order valence-corrected chi connectivity index (χ1v) is 13.5. The van der Waals surface area contributed by atoms with Crippen molar-refractivity contribution >= 4 is 5.78 Å². The van der Waals surface area contributed by atoms with E-state index in [1.54, 1.807) is 0 Å². The highest BCUT2D eigenvalue weighted by Crippen LogP contribution is 2.16. The maximum Gasteiger partial charge on any atom is 0.193 e. The molecule has 0 aliphatic rings. The highest BCUT2D eigenvalue weighted by atomic mass is 16.1. The molecule has 0 spiro atoms. The maximum absolute atomic E-state index is 12.5. The fourth-order valence-corrected chi connectivity index (χ4v) is 4.46. The second-order valence-corrected chi connectivity index (χ2v) is 9.45. The number of rotatable bonds is 19. The Labute approximate surface area is 198 Å². The van der Waals surface area contributed by atoms with Crippen LogP contribution in [0.2, 0.25) is 0 Å². The van der Waals surface area contributed by atoms with Crippen molar-refractivity contribution in [1.82, 2.24) is 0 Å². The van der Waals surface area contributed by atoms with E-state index in [4.69, 9.17) is 0 Å². The lowest BCUT2D eigenvalue weighted by atomic mass is 9.99. The number of aryl methyl sites for hydroxylation is 1. The topological polar surface area (TPSA) is 17.1 Å². The van der Waals surface area contributed by atoms with E-state index >= 15 is 0 Å². The smallest absolute Gasteiger partial charge is 0.193 e. The van der Waals surface area contributed by atoms with Crippen LogP contribution in [0.3, 0.4) is 0 Å². The molecule has 0 bridgehead atoms. The molecule has 1 nitrogen and oxygen atoms in total. The summed E-state index contributed by atoms with van der Waals surface area (Å²) in [5, 5.41) is 0. The normalized spacial score (nSPS) is 11.0. The third-order valence-corrected chi connectivity index (χ3v) is 6.57. The van der Waals surface area contributed by atoms with Gasteiger partial charge in [0.1, 0.15) is 0 Å². The van der Waals surface area contributed by atoms with Crippen molar-refractivity contribution in [3.8, 4) is 0 Å². The van der Waals surface area contributed by atoms with Crippen LogP contribution in [0.15, 0.2) is 54.6 Å². The zero-order valence-electron chi connectivity index (χ0n) is 20.6. The van der Waals surface area contributed by atoms with E-state index in [-0.39, 0.29) is 5.78 Å². The number of carbonyl (C=O) groups is 1. The molecule has 2 rings (SSSR count). The summed E-state index contributed by atoms with van der Waals surface area (Å²) in [6.45, 7) is 2.29. The van der Waals surface area contributed by atoms with E-state index in [1.165, 1.54) is 108 Å². The molecule has 0 atom stereocenters. The summed E-state index contributed by atoms with van der Waals surface area (Å²) in [5.74, 6) is 0.111. The minimum absolute atomic E-state index is 0.111. The second-order valence-electron chi connectivity index (χ2n) is 9.45. The number of hydrogen-bond donors (Lipinski definition) is 0. The van der Waals surface area contributed by atoms with E-state index in [2.05, 4.69) is 19.1 Å². The molecule has 0 aromatic heterocycles. The Hall–Kier alpha value is -1.89. The van der Waals surface area contributed by atoms with Gasteiger partial charge in [-0.2, -0.15) is 0 Å². The molecule has 176 valence electrons. The largest absolute Gasteiger partial charge is 0.289 e. The van der Waals surface area contributed by atoms with E-state index in [9.17, 15) is 4.79 Å². The molecule has 0 N–H and O–H groups in total. The van der Waals surface area contributed by atoms with Gasteiger partial charge in [-0.3, -0.25) is 4.79 Å². The summed E-state index contributed by atoms with van der Waals surface area (Å²) < 4.78 is 0. The van der Waals surface area contributed by atoms with Gasteiger partial charge in [0.2, 0.25) is 0 Å². The van der Waals surface area contributed by atoms with Crippen LogP contribution in [0.4, 0.5) is 0 Å². The fourth-order valence-electron chi connectivity index (χ4n) is 4.46. The summed E-state index contributed by atoms with van der Waals surface area (Å²) in [6, 6.07) is 17.8. The lowest BCUT2D eigenvalue weighted by molar-refractivity contribution is 0.103. The molecule has 0 unspecified atom stereocenters. The Morgan fingerprint density at radius 3 is 1.38 bits per heavy atom. The lowest BCUT2D eigenvalue weighted by Gasteiger charge is -2.05. The molecule has 0 saturated carbocycles. The third kappa shape index (κ3) is 11.7. The first-order valence-electron chi connectivity index (χ1n) is 13.5. The van der Waals surface area contributed by atoms with E-state index < -0.39 is 0 Å². The van der Waals surface area contributed by atoms with E-state index in [0.717, 1.165) is 17.5 Å². The minimum atomic E-state index is 0.111. The van der Waals surface area contributed by atoms with Crippen LogP contribution < -0.4 is 0 Å². The molecular formula is C31H46O. The molecule has 0 fully saturated rings. The van der Waals surface area contributed by atoms with Crippen LogP contribution in [0.5, 0.6) is 0 Å². The van der Waals surface area contributed by atoms with Gasteiger partial charge in [-0.1, -0.05) is 158 Å². The average molecular weight is 435 g/mol. The first kappa shape index (κ1) is 26.4. The van der Waals surface area contributed by atoms with Gasteiger partial charge >= 0.3 is 0 Å². The summed E-state index contributed by atoms with van der Waals surface area (Å²) in [4.78, 5) is 12.5. The number of carbonyl (C=O) groups excluding carboxylic acids is 1. The minimum Gasteiger partial charge on any atom is -0.289 e. The highest BCUT2D eigenvalue weighted by Gasteiger charge is 2.07. The highest BCUT2D eigenvalue weighted by molar-refractivity contribution is 6.08. The standard InChI is InChI=1S/C31H46O/c1-2-3-4-5-6-7-8-9-10-11-12-13-14-15-16-18-21-28-24-26-30(27-25-28)31(32)29-22-19-17-20-23-29/h17,19-20,22-27H,2-16,18,21H2,1H3. The summed E-state index contributed by atoms with van der Waals surface area (Å²) in [7, 11) is 0. The van der Waals surface area contributed by atoms with Gasteiger partial charge in [0.05, 0.1) is 0 Å². The number of unbranched alkanes of at least 4 members (excludes halogenated alkanes) is 15. The van der Waals surface area contributed by atoms with Crippen molar-refractivity contribution in [2.24, 2.45) is 0 Å². The van der Waals surface area contributed by atoms with E-state index in [0.29, 0.717) is 0 Å². The number of ketones is 1. The van der Waals surface area contributed by atoms with Crippen molar-refractivity contribution in [2.45, 2.75) is 116 Å². The number of hydrogen-bond acceptors (Lipinski definition) is 1. The predicted molar refractivity (Wildman–Crippen MR) is 140 cm³/mol. The zero-order valence-corrected chi connectivity index (χ0v) is 20.6.